The number of piperidine rings is 1. The summed E-state index contributed by atoms with van der Waals surface area (Å²) in [6.07, 6.45) is 7.09. The van der Waals surface area contributed by atoms with Crippen LogP contribution in [0.1, 0.15) is 25.7 Å². The van der Waals surface area contributed by atoms with Crippen LogP contribution in [0.2, 0.25) is 0 Å². The molecule has 3 aliphatic rings. The highest BCUT2D eigenvalue weighted by atomic mass is 16.5. The van der Waals surface area contributed by atoms with E-state index in [1.54, 1.807) is 0 Å². The van der Waals surface area contributed by atoms with Crippen LogP contribution < -0.4 is 4.74 Å². The van der Waals surface area contributed by atoms with Crippen molar-refractivity contribution in [3.63, 3.8) is 0 Å². The Balaban J connectivity index is 1.46. The molecule has 1 aromatic heterocycles. The molecule has 20 heavy (non-hydrogen) atoms. The quantitative estimate of drug-likeness (QED) is 0.845. The van der Waals surface area contributed by atoms with Crippen LogP contribution in [-0.2, 0) is 4.74 Å². The van der Waals surface area contributed by atoms with Crippen molar-refractivity contribution in [3.8, 4) is 5.88 Å². The van der Waals surface area contributed by atoms with Gasteiger partial charge >= 0.3 is 0 Å². The Kier molecular flexibility index (Phi) is 3.36. The van der Waals surface area contributed by atoms with Gasteiger partial charge in [0.2, 0.25) is 5.88 Å². The summed E-state index contributed by atoms with van der Waals surface area (Å²) in [5, 5.41) is 0. The molecule has 1 aromatic rings. The van der Waals surface area contributed by atoms with Crippen molar-refractivity contribution in [1.29, 1.82) is 0 Å². The molecule has 108 valence electrons. The van der Waals surface area contributed by atoms with E-state index in [1.165, 1.54) is 32.2 Å². The van der Waals surface area contributed by atoms with Crippen LogP contribution in [0.4, 0.5) is 0 Å². The fourth-order valence-electron chi connectivity index (χ4n) is 4.15. The number of hydrogen-bond acceptors (Lipinski definition) is 4. The number of nitrogens with zero attached hydrogens (tertiary/aromatic N) is 2. The van der Waals surface area contributed by atoms with E-state index in [0.29, 0.717) is 24.1 Å². The first-order chi connectivity index (χ1) is 9.92. The van der Waals surface area contributed by atoms with Gasteiger partial charge in [0.05, 0.1) is 0 Å². The van der Waals surface area contributed by atoms with E-state index in [1.807, 2.05) is 24.4 Å². The number of rotatable bonds is 3. The zero-order chi connectivity index (χ0) is 13.4. The van der Waals surface area contributed by atoms with Gasteiger partial charge in [-0.3, -0.25) is 4.90 Å². The van der Waals surface area contributed by atoms with E-state index in [0.717, 1.165) is 19.1 Å². The van der Waals surface area contributed by atoms with Crippen molar-refractivity contribution in [3.05, 3.63) is 24.4 Å². The molecule has 0 amide bonds. The zero-order valence-corrected chi connectivity index (χ0v) is 11.8. The number of fused-ring (bicyclic) bond motifs is 2. The first kappa shape index (κ1) is 12.6. The predicted molar refractivity (Wildman–Crippen MR) is 75.7 cm³/mol. The van der Waals surface area contributed by atoms with Gasteiger partial charge in [-0.1, -0.05) is 6.07 Å². The van der Waals surface area contributed by atoms with Crippen LogP contribution in [0.3, 0.4) is 0 Å². The minimum Gasteiger partial charge on any atom is -0.472 e. The molecule has 4 nitrogen and oxygen atoms in total. The molecular weight excluding hydrogens is 252 g/mol. The smallest absolute Gasteiger partial charge is 0.213 e. The van der Waals surface area contributed by atoms with Crippen molar-refractivity contribution in [2.45, 2.75) is 43.9 Å². The largest absolute Gasteiger partial charge is 0.472 e. The van der Waals surface area contributed by atoms with Gasteiger partial charge in [0.15, 0.2) is 0 Å². The van der Waals surface area contributed by atoms with Crippen LogP contribution in [0.25, 0.3) is 0 Å². The standard InChI is InChI=1S/C16H22N2O2/c1-2-8-17-15(3-1)20-16-12-4-5-14(16)18(11-12)13-6-9-19-10-7-13/h1-3,8,12-14,16H,4-7,9-11H2. The second kappa shape index (κ2) is 5.34. The number of aromatic nitrogens is 1. The van der Waals surface area contributed by atoms with E-state index >= 15 is 0 Å². The van der Waals surface area contributed by atoms with Crippen LogP contribution in [0, 0.1) is 5.92 Å². The highest BCUT2D eigenvalue weighted by molar-refractivity contribution is 5.13. The second-order valence-electron chi connectivity index (χ2n) is 6.20. The molecule has 3 fully saturated rings. The highest BCUT2D eigenvalue weighted by Gasteiger charge is 2.50. The van der Waals surface area contributed by atoms with Gasteiger partial charge in [0.25, 0.3) is 0 Å². The number of likely N-dealkylation sites (tertiary alicyclic amines) is 1. The van der Waals surface area contributed by atoms with Crippen molar-refractivity contribution in [1.82, 2.24) is 9.88 Å². The van der Waals surface area contributed by atoms with Gasteiger partial charge in [-0.25, -0.2) is 4.98 Å². The normalized spacial score (nSPS) is 34.5. The lowest BCUT2D eigenvalue weighted by Crippen LogP contribution is -2.45. The molecule has 0 spiro atoms. The first-order valence-electron chi connectivity index (χ1n) is 7.83. The van der Waals surface area contributed by atoms with E-state index in [9.17, 15) is 0 Å². The van der Waals surface area contributed by atoms with Crippen LogP contribution in [0.5, 0.6) is 5.88 Å². The highest BCUT2D eigenvalue weighted by Crippen LogP contribution is 2.42. The SMILES string of the molecule is c1ccc(OC2C3CCC2N(C2CCOCC2)C3)nc1. The minimum absolute atomic E-state index is 0.341. The van der Waals surface area contributed by atoms with Crippen LogP contribution in [0.15, 0.2) is 24.4 Å². The second-order valence-corrected chi connectivity index (χ2v) is 6.20. The molecule has 0 N–H and O–H groups in total. The van der Waals surface area contributed by atoms with Gasteiger partial charge in [-0.15, -0.1) is 0 Å². The molecule has 4 rings (SSSR count). The minimum atomic E-state index is 0.341. The van der Waals surface area contributed by atoms with Crippen molar-refractivity contribution >= 4 is 0 Å². The van der Waals surface area contributed by atoms with Crippen LogP contribution in [-0.4, -0.2) is 47.8 Å². The van der Waals surface area contributed by atoms with Gasteiger partial charge in [-0.05, 0) is 31.7 Å². The third-order valence-corrected chi connectivity index (χ3v) is 5.10. The monoisotopic (exact) mass is 274 g/mol. The summed E-state index contributed by atoms with van der Waals surface area (Å²) in [5.74, 6) is 1.47. The first-order valence-corrected chi connectivity index (χ1v) is 7.83. The topological polar surface area (TPSA) is 34.6 Å². The van der Waals surface area contributed by atoms with E-state index in [4.69, 9.17) is 9.47 Å². The number of ether oxygens (including phenoxy) is 2. The van der Waals surface area contributed by atoms with Gasteiger partial charge in [-0.2, -0.15) is 0 Å². The summed E-state index contributed by atoms with van der Waals surface area (Å²) in [6, 6.07) is 7.19. The Labute approximate surface area is 120 Å². The molecule has 1 saturated carbocycles. The molecule has 3 atom stereocenters. The lowest BCUT2D eigenvalue weighted by Gasteiger charge is -2.37. The Morgan fingerprint density at radius 3 is 2.85 bits per heavy atom. The maximum Gasteiger partial charge on any atom is 0.213 e. The molecule has 2 saturated heterocycles. The van der Waals surface area contributed by atoms with Gasteiger partial charge in [0, 0.05) is 50.0 Å². The lowest BCUT2D eigenvalue weighted by atomic mass is 10.0. The average molecular weight is 274 g/mol. The molecule has 3 heterocycles. The maximum atomic E-state index is 6.20. The maximum absolute atomic E-state index is 6.20. The van der Waals surface area contributed by atoms with Crippen LogP contribution >= 0.6 is 0 Å². The molecule has 4 heteroatoms. The van der Waals surface area contributed by atoms with Crippen molar-refractivity contribution in [2.24, 2.45) is 5.92 Å². The summed E-state index contributed by atoms with van der Waals surface area (Å²) in [4.78, 5) is 7.01. The summed E-state index contributed by atoms with van der Waals surface area (Å²) >= 11 is 0. The van der Waals surface area contributed by atoms with Crippen molar-refractivity contribution in [2.75, 3.05) is 19.8 Å². The fourth-order valence-corrected chi connectivity index (χ4v) is 4.15. The van der Waals surface area contributed by atoms with Crippen molar-refractivity contribution < 1.29 is 9.47 Å². The van der Waals surface area contributed by atoms with Gasteiger partial charge < -0.3 is 9.47 Å². The molecule has 2 bridgehead atoms. The third-order valence-electron chi connectivity index (χ3n) is 5.10. The van der Waals surface area contributed by atoms with E-state index < -0.39 is 0 Å². The Morgan fingerprint density at radius 2 is 2.05 bits per heavy atom. The van der Waals surface area contributed by atoms with E-state index in [2.05, 4.69) is 9.88 Å². The summed E-state index contributed by atoms with van der Waals surface area (Å²) in [5.41, 5.74) is 0. The Hall–Kier alpha value is -1.13. The van der Waals surface area contributed by atoms with E-state index in [-0.39, 0.29) is 0 Å². The predicted octanol–water partition coefficient (Wildman–Crippen LogP) is 2.10. The average Bonchev–Trinajstić information content (AvgIpc) is 3.06. The zero-order valence-electron chi connectivity index (χ0n) is 11.8. The van der Waals surface area contributed by atoms with Gasteiger partial charge in [0.1, 0.15) is 6.10 Å². The molecule has 3 unspecified atom stereocenters. The summed E-state index contributed by atoms with van der Waals surface area (Å²) < 4.78 is 11.7. The Bertz CT molecular complexity index is 447. The molecule has 1 aliphatic carbocycles. The number of pyridine rings is 1. The molecule has 0 radical (unpaired) electrons. The summed E-state index contributed by atoms with van der Waals surface area (Å²) in [6.45, 7) is 3.04. The fraction of sp³-hybridized carbons (Fsp3) is 0.688. The molecular formula is C16H22N2O2. The summed E-state index contributed by atoms with van der Waals surface area (Å²) in [7, 11) is 0. The molecule has 2 aliphatic heterocycles. The molecule has 0 aromatic carbocycles. The Morgan fingerprint density at radius 1 is 1.15 bits per heavy atom. The number of hydrogen-bond donors (Lipinski definition) is 0. The lowest BCUT2D eigenvalue weighted by molar-refractivity contribution is 0.0166. The third kappa shape index (κ3) is 2.21.